The Labute approximate surface area is 115 Å². The summed E-state index contributed by atoms with van der Waals surface area (Å²) in [4.78, 5) is 0. The van der Waals surface area contributed by atoms with E-state index < -0.39 is 0 Å². The normalized spacial score (nSPS) is 10.2. The van der Waals surface area contributed by atoms with Gasteiger partial charge in [0.25, 0.3) is 0 Å². The van der Waals surface area contributed by atoms with Gasteiger partial charge < -0.3 is 11.1 Å². The maximum absolute atomic E-state index is 5.72. The van der Waals surface area contributed by atoms with Gasteiger partial charge in [-0.15, -0.1) is 0 Å². The molecule has 0 amide bonds. The maximum Gasteiger partial charge on any atom is 0.0480 e. The number of anilines is 2. The van der Waals surface area contributed by atoms with Crippen molar-refractivity contribution in [2.75, 3.05) is 11.1 Å². The van der Waals surface area contributed by atoms with E-state index in [0.717, 1.165) is 21.5 Å². The summed E-state index contributed by atoms with van der Waals surface area (Å²) in [7, 11) is 0. The number of hydrogen-bond donors (Lipinski definition) is 2. The van der Waals surface area contributed by atoms with E-state index in [1.807, 2.05) is 18.2 Å². The van der Waals surface area contributed by atoms with Crippen LogP contribution in [0.4, 0.5) is 11.4 Å². The molecule has 0 radical (unpaired) electrons. The molecule has 2 nitrogen and oxygen atoms in total. The van der Waals surface area contributed by atoms with E-state index in [1.54, 1.807) is 0 Å². The number of nitrogens with two attached hydrogens (primary N) is 1. The zero-order valence-electron chi connectivity index (χ0n) is 9.70. The minimum atomic E-state index is 0.801. The molecule has 0 unspecified atom stereocenters. The largest absolute Gasteiger partial charge is 0.399 e. The lowest BCUT2D eigenvalue weighted by Crippen LogP contribution is -2.01. The Hall–Kier alpha value is -1.23. The summed E-state index contributed by atoms with van der Waals surface area (Å²) in [6.45, 7) is 2.93. The number of benzene rings is 2. The zero-order chi connectivity index (χ0) is 12.3. The number of aryl methyl sites for hydroxylation is 1. The molecule has 0 aliphatic heterocycles. The summed E-state index contributed by atoms with van der Waals surface area (Å²) in [5.41, 5.74) is 10.2. The van der Waals surface area contributed by atoms with Crippen molar-refractivity contribution in [2.45, 2.75) is 13.5 Å². The number of hydrogen-bond acceptors (Lipinski definition) is 2. The molecule has 0 aliphatic rings. The topological polar surface area (TPSA) is 38.0 Å². The average Bonchev–Trinajstić information content (AvgIpc) is 2.30. The molecule has 2 aromatic carbocycles. The van der Waals surface area contributed by atoms with Gasteiger partial charge in [-0.05, 0) is 53.3 Å². The first-order valence-corrected chi connectivity index (χ1v) is 6.57. The fourth-order valence-electron chi connectivity index (χ4n) is 1.58. The molecule has 2 rings (SSSR count). The predicted molar refractivity (Wildman–Crippen MR) is 82.1 cm³/mol. The molecule has 88 valence electrons. The minimum absolute atomic E-state index is 0.801. The van der Waals surface area contributed by atoms with Gasteiger partial charge in [-0.2, -0.15) is 0 Å². The summed E-state index contributed by atoms with van der Waals surface area (Å²) in [6.07, 6.45) is 0. The van der Waals surface area contributed by atoms with Crippen molar-refractivity contribution in [3.63, 3.8) is 0 Å². The van der Waals surface area contributed by atoms with Gasteiger partial charge in [-0.3, -0.25) is 0 Å². The van der Waals surface area contributed by atoms with Crippen molar-refractivity contribution in [1.82, 2.24) is 0 Å². The second kappa shape index (κ2) is 5.40. The molecule has 2 aromatic rings. The lowest BCUT2D eigenvalue weighted by atomic mass is 10.1. The van der Waals surface area contributed by atoms with Crippen LogP contribution in [-0.4, -0.2) is 0 Å². The van der Waals surface area contributed by atoms with Crippen LogP contribution in [0.1, 0.15) is 11.1 Å². The molecule has 0 atom stereocenters. The smallest absolute Gasteiger partial charge is 0.0480 e. The van der Waals surface area contributed by atoms with Gasteiger partial charge in [0.1, 0.15) is 0 Å². The number of halogens is 1. The van der Waals surface area contributed by atoms with Crippen LogP contribution in [0.2, 0.25) is 0 Å². The van der Waals surface area contributed by atoms with Gasteiger partial charge in [-0.25, -0.2) is 0 Å². The third kappa shape index (κ3) is 3.36. The van der Waals surface area contributed by atoms with E-state index in [-0.39, 0.29) is 0 Å². The first-order valence-electron chi connectivity index (χ1n) is 5.49. The quantitative estimate of drug-likeness (QED) is 0.660. The fourth-order valence-corrected chi connectivity index (χ4v) is 2.31. The van der Waals surface area contributed by atoms with Gasteiger partial charge in [0, 0.05) is 21.5 Å². The highest BCUT2D eigenvalue weighted by Crippen LogP contribution is 2.21. The molecule has 0 heterocycles. The molecule has 0 saturated heterocycles. The molecular formula is C14H15IN2. The van der Waals surface area contributed by atoms with Crippen LogP contribution in [-0.2, 0) is 6.54 Å². The van der Waals surface area contributed by atoms with Crippen molar-refractivity contribution in [2.24, 2.45) is 0 Å². The Bertz CT molecular complexity index is 506. The molecule has 0 spiro atoms. The first-order chi connectivity index (χ1) is 8.15. The molecule has 0 aromatic heterocycles. The van der Waals surface area contributed by atoms with E-state index in [2.05, 4.69) is 59.1 Å². The van der Waals surface area contributed by atoms with Crippen molar-refractivity contribution in [1.29, 1.82) is 0 Å². The van der Waals surface area contributed by atoms with Gasteiger partial charge >= 0.3 is 0 Å². The molecule has 17 heavy (non-hydrogen) atoms. The third-order valence-electron chi connectivity index (χ3n) is 2.60. The summed E-state index contributed by atoms with van der Waals surface area (Å²) in [5.74, 6) is 0. The van der Waals surface area contributed by atoms with Crippen LogP contribution in [0.25, 0.3) is 0 Å². The highest BCUT2D eigenvalue weighted by Gasteiger charge is 1.99. The van der Waals surface area contributed by atoms with Crippen molar-refractivity contribution >= 4 is 34.0 Å². The van der Waals surface area contributed by atoms with E-state index in [9.17, 15) is 0 Å². The summed E-state index contributed by atoms with van der Waals surface area (Å²) >= 11 is 2.29. The molecular weight excluding hydrogens is 323 g/mol. The van der Waals surface area contributed by atoms with E-state index in [4.69, 9.17) is 5.73 Å². The molecule has 0 fully saturated rings. The number of nitrogens with one attached hydrogen (secondary N) is 1. The van der Waals surface area contributed by atoms with Crippen LogP contribution in [0.5, 0.6) is 0 Å². The number of nitrogen functional groups attached to an aromatic ring is 1. The van der Waals surface area contributed by atoms with Crippen molar-refractivity contribution < 1.29 is 0 Å². The van der Waals surface area contributed by atoms with E-state index in [0.29, 0.717) is 0 Å². The lowest BCUT2D eigenvalue weighted by molar-refractivity contribution is 1.14. The van der Waals surface area contributed by atoms with Gasteiger partial charge in [0.05, 0.1) is 0 Å². The maximum atomic E-state index is 5.72. The van der Waals surface area contributed by atoms with Crippen LogP contribution in [0.15, 0.2) is 42.5 Å². The summed E-state index contributed by atoms with van der Waals surface area (Å²) in [5, 5.41) is 3.41. The lowest BCUT2D eigenvalue weighted by Gasteiger charge is -2.09. The molecule has 0 aliphatic carbocycles. The van der Waals surface area contributed by atoms with Crippen LogP contribution < -0.4 is 11.1 Å². The Balaban J connectivity index is 2.04. The van der Waals surface area contributed by atoms with E-state index >= 15 is 0 Å². The zero-order valence-corrected chi connectivity index (χ0v) is 11.9. The second-order valence-electron chi connectivity index (χ2n) is 4.08. The average molecular weight is 338 g/mol. The second-order valence-corrected chi connectivity index (χ2v) is 5.24. The Morgan fingerprint density at radius 1 is 1.12 bits per heavy atom. The van der Waals surface area contributed by atoms with Gasteiger partial charge in [-0.1, -0.05) is 29.8 Å². The predicted octanol–water partition coefficient (Wildman–Crippen LogP) is 3.79. The first kappa shape index (κ1) is 12.2. The Morgan fingerprint density at radius 3 is 2.47 bits per heavy atom. The van der Waals surface area contributed by atoms with Gasteiger partial charge in [0.15, 0.2) is 0 Å². The molecule has 0 saturated carbocycles. The van der Waals surface area contributed by atoms with Gasteiger partial charge in [0.2, 0.25) is 0 Å². The monoisotopic (exact) mass is 338 g/mol. The molecule has 3 N–H and O–H groups in total. The Kier molecular flexibility index (Phi) is 3.89. The van der Waals surface area contributed by atoms with E-state index in [1.165, 1.54) is 11.1 Å². The van der Waals surface area contributed by atoms with Crippen LogP contribution in [0, 0.1) is 10.5 Å². The summed E-state index contributed by atoms with van der Waals surface area (Å²) in [6, 6.07) is 14.5. The molecule has 0 bridgehead atoms. The third-order valence-corrected chi connectivity index (χ3v) is 3.49. The number of rotatable bonds is 3. The standard InChI is InChI=1S/C14H15IN2/c1-10-2-4-11(5-3-10)9-17-14-7-6-12(16)8-13(14)15/h2-8,17H,9,16H2,1H3. The SMILES string of the molecule is Cc1ccc(CNc2ccc(N)cc2I)cc1. The fraction of sp³-hybridized carbons (Fsp3) is 0.143. The minimum Gasteiger partial charge on any atom is -0.399 e. The summed E-state index contributed by atoms with van der Waals surface area (Å²) < 4.78 is 1.15. The molecule has 3 heteroatoms. The van der Waals surface area contributed by atoms with Crippen molar-refractivity contribution in [3.8, 4) is 0 Å². The highest BCUT2D eigenvalue weighted by atomic mass is 127. The van der Waals surface area contributed by atoms with Crippen LogP contribution >= 0.6 is 22.6 Å². The van der Waals surface area contributed by atoms with Crippen LogP contribution in [0.3, 0.4) is 0 Å². The van der Waals surface area contributed by atoms with Crippen molar-refractivity contribution in [3.05, 3.63) is 57.2 Å². The Morgan fingerprint density at radius 2 is 1.82 bits per heavy atom. The highest BCUT2D eigenvalue weighted by molar-refractivity contribution is 14.1.